The second-order valence-electron chi connectivity index (χ2n) is 3.71. The van der Waals surface area contributed by atoms with Gasteiger partial charge in [0, 0.05) is 5.56 Å². The van der Waals surface area contributed by atoms with Crippen LogP contribution in [0.25, 0.3) is 11.4 Å². The van der Waals surface area contributed by atoms with Crippen molar-refractivity contribution in [2.75, 3.05) is 13.2 Å². The standard InChI is InChI=1S/C10H13N5O3S/c16-5-8(6-17)13-19(18)9-3-1-7(2-4-9)10-11-14-15-12-10/h1-4,8,13,16-17H,5-6H2,(H,11,12,14,15). The summed E-state index contributed by atoms with van der Waals surface area (Å²) < 4.78 is 14.5. The van der Waals surface area contributed by atoms with E-state index in [4.69, 9.17) is 10.2 Å². The van der Waals surface area contributed by atoms with Gasteiger partial charge in [-0.1, -0.05) is 0 Å². The minimum absolute atomic E-state index is 0.289. The van der Waals surface area contributed by atoms with Crippen LogP contribution in [0.5, 0.6) is 0 Å². The number of hydrogen-bond acceptors (Lipinski definition) is 7. The van der Waals surface area contributed by atoms with Crippen LogP contribution in [0.1, 0.15) is 0 Å². The fourth-order valence-electron chi connectivity index (χ4n) is 1.36. The van der Waals surface area contributed by atoms with Crippen LogP contribution >= 0.6 is 0 Å². The number of rotatable bonds is 6. The average Bonchev–Trinajstić information content (AvgIpc) is 2.99. The van der Waals surface area contributed by atoms with Crippen molar-refractivity contribution in [2.45, 2.75) is 10.9 Å². The van der Waals surface area contributed by atoms with Crippen LogP contribution in [0.15, 0.2) is 29.2 Å². The highest BCUT2D eigenvalue weighted by atomic mass is 32.2. The van der Waals surface area contributed by atoms with Gasteiger partial charge in [-0.15, -0.1) is 14.9 Å². The number of benzene rings is 1. The number of aromatic nitrogens is 4. The van der Waals surface area contributed by atoms with Crippen LogP contribution < -0.4 is 4.72 Å². The van der Waals surface area contributed by atoms with Gasteiger partial charge in [-0.3, -0.25) is 0 Å². The molecule has 9 heteroatoms. The Kier molecular flexibility index (Phi) is 4.82. The SMILES string of the molecule is [O-][S+](NC(CO)CO)c1ccc(-c2nn[nH]n2)cc1. The molecule has 1 aromatic carbocycles. The number of nitrogens with zero attached hydrogens (tertiary/aromatic N) is 3. The number of aromatic amines is 1. The van der Waals surface area contributed by atoms with Crippen molar-refractivity contribution >= 4 is 11.4 Å². The normalized spacial score (nSPS) is 12.8. The molecule has 102 valence electrons. The number of aliphatic hydroxyl groups is 2. The minimum Gasteiger partial charge on any atom is -0.593 e. The van der Waals surface area contributed by atoms with Gasteiger partial charge >= 0.3 is 0 Å². The van der Waals surface area contributed by atoms with E-state index in [-0.39, 0.29) is 13.2 Å². The van der Waals surface area contributed by atoms with E-state index in [2.05, 4.69) is 25.3 Å². The second-order valence-corrected chi connectivity index (χ2v) is 4.95. The van der Waals surface area contributed by atoms with E-state index in [0.717, 1.165) is 5.56 Å². The monoisotopic (exact) mass is 283 g/mol. The lowest BCUT2D eigenvalue weighted by molar-refractivity contribution is 0.185. The smallest absolute Gasteiger partial charge is 0.204 e. The highest BCUT2D eigenvalue weighted by Crippen LogP contribution is 2.17. The van der Waals surface area contributed by atoms with Crippen LogP contribution in [0.2, 0.25) is 0 Å². The first-order chi connectivity index (χ1) is 9.24. The Morgan fingerprint density at radius 2 is 1.95 bits per heavy atom. The number of tetrazole rings is 1. The predicted molar refractivity (Wildman–Crippen MR) is 67.1 cm³/mol. The van der Waals surface area contributed by atoms with E-state index in [1.54, 1.807) is 24.3 Å². The van der Waals surface area contributed by atoms with Crippen molar-refractivity contribution < 1.29 is 14.8 Å². The van der Waals surface area contributed by atoms with Crippen LogP contribution in [0.4, 0.5) is 0 Å². The first kappa shape index (κ1) is 13.9. The molecule has 0 saturated heterocycles. The van der Waals surface area contributed by atoms with Crippen LogP contribution in [0, 0.1) is 0 Å². The Balaban J connectivity index is 2.05. The van der Waals surface area contributed by atoms with Gasteiger partial charge < -0.3 is 14.8 Å². The van der Waals surface area contributed by atoms with Gasteiger partial charge in [-0.25, -0.2) is 0 Å². The van der Waals surface area contributed by atoms with E-state index >= 15 is 0 Å². The molecule has 0 aliphatic carbocycles. The summed E-state index contributed by atoms with van der Waals surface area (Å²) in [7, 11) is 0. The zero-order valence-electron chi connectivity index (χ0n) is 9.85. The molecule has 1 atom stereocenters. The molecule has 1 heterocycles. The lowest BCUT2D eigenvalue weighted by Gasteiger charge is -2.16. The molecule has 0 aliphatic rings. The lowest BCUT2D eigenvalue weighted by Crippen LogP contribution is -2.39. The van der Waals surface area contributed by atoms with Crippen molar-refractivity contribution in [2.24, 2.45) is 0 Å². The zero-order valence-corrected chi connectivity index (χ0v) is 10.7. The molecule has 19 heavy (non-hydrogen) atoms. The molecule has 0 bridgehead atoms. The van der Waals surface area contributed by atoms with Gasteiger partial charge in [0.05, 0.1) is 30.6 Å². The molecule has 0 spiro atoms. The Morgan fingerprint density at radius 1 is 1.26 bits per heavy atom. The van der Waals surface area contributed by atoms with Gasteiger partial charge in [0.15, 0.2) is 4.90 Å². The first-order valence-electron chi connectivity index (χ1n) is 5.48. The van der Waals surface area contributed by atoms with Crippen molar-refractivity contribution in [3.8, 4) is 11.4 Å². The van der Waals surface area contributed by atoms with Crippen LogP contribution in [-0.2, 0) is 11.4 Å². The number of nitrogens with one attached hydrogen (secondary N) is 2. The van der Waals surface area contributed by atoms with E-state index in [1.165, 1.54) is 0 Å². The van der Waals surface area contributed by atoms with Crippen LogP contribution in [0.3, 0.4) is 0 Å². The van der Waals surface area contributed by atoms with E-state index in [1.807, 2.05) is 0 Å². The molecule has 8 nitrogen and oxygen atoms in total. The quantitative estimate of drug-likeness (QED) is 0.491. The molecule has 1 aromatic heterocycles. The maximum absolute atomic E-state index is 11.9. The number of hydrogen-bond donors (Lipinski definition) is 4. The molecule has 2 rings (SSSR count). The number of H-pyrrole nitrogens is 1. The van der Waals surface area contributed by atoms with Gasteiger partial charge in [-0.2, -0.15) is 5.21 Å². The highest BCUT2D eigenvalue weighted by Gasteiger charge is 2.17. The molecule has 0 amide bonds. The van der Waals surface area contributed by atoms with E-state index in [0.29, 0.717) is 10.7 Å². The summed E-state index contributed by atoms with van der Waals surface area (Å²) in [6.07, 6.45) is 0. The van der Waals surface area contributed by atoms with Gasteiger partial charge in [0.2, 0.25) is 5.82 Å². The third-order valence-electron chi connectivity index (χ3n) is 2.39. The molecular formula is C10H13N5O3S. The third kappa shape index (κ3) is 3.49. The Hall–Kier alpha value is -1.52. The summed E-state index contributed by atoms with van der Waals surface area (Å²) in [5, 5.41) is 31.3. The third-order valence-corrected chi connectivity index (χ3v) is 3.63. The van der Waals surface area contributed by atoms with Crippen molar-refractivity contribution in [1.29, 1.82) is 0 Å². The van der Waals surface area contributed by atoms with Crippen molar-refractivity contribution in [3.05, 3.63) is 24.3 Å². The topological polar surface area (TPSA) is 130 Å². The summed E-state index contributed by atoms with van der Waals surface area (Å²) in [5.41, 5.74) is 0.746. The summed E-state index contributed by atoms with van der Waals surface area (Å²) in [6, 6.07) is 6.12. The van der Waals surface area contributed by atoms with Gasteiger partial charge in [-0.05, 0) is 29.5 Å². The Bertz CT molecular complexity index is 488. The second kappa shape index (κ2) is 6.59. The molecule has 0 saturated carbocycles. The Labute approximate surface area is 112 Å². The molecular weight excluding hydrogens is 270 g/mol. The van der Waals surface area contributed by atoms with E-state index < -0.39 is 17.4 Å². The van der Waals surface area contributed by atoms with Crippen molar-refractivity contribution in [1.82, 2.24) is 25.3 Å². The summed E-state index contributed by atoms with van der Waals surface area (Å²) in [6.45, 7) is -0.577. The van der Waals surface area contributed by atoms with Gasteiger partial charge in [0.1, 0.15) is 0 Å². The number of aliphatic hydroxyl groups excluding tert-OH is 2. The maximum Gasteiger partial charge on any atom is 0.204 e. The average molecular weight is 283 g/mol. The maximum atomic E-state index is 11.9. The minimum atomic E-state index is -1.50. The molecule has 4 N–H and O–H groups in total. The lowest BCUT2D eigenvalue weighted by atomic mass is 10.2. The summed E-state index contributed by atoms with van der Waals surface area (Å²) in [4.78, 5) is 0.527. The fourth-order valence-corrected chi connectivity index (χ4v) is 2.33. The first-order valence-corrected chi connectivity index (χ1v) is 6.63. The molecule has 2 aromatic rings. The van der Waals surface area contributed by atoms with E-state index in [9.17, 15) is 4.55 Å². The molecule has 0 radical (unpaired) electrons. The highest BCUT2D eigenvalue weighted by molar-refractivity contribution is 7.89. The Morgan fingerprint density at radius 3 is 2.47 bits per heavy atom. The molecule has 1 unspecified atom stereocenters. The summed E-state index contributed by atoms with van der Waals surface area (Å²) in [5.74, 6) is 0.453. The zero-order chi connectivity index (χ0) is 13.7. The summed E-state index contributed by atoms with van der Waals surface area (Å²) >= 11 is -1.50. The molecule has 0 fully saturated rings. The van der Waals surface area contributed by atoms with Crippen LogP contribution in [-0.4, -0.2) is 54.6 Å². The predicted octanol–water partition coefficient (Wildman–Crippen LogP) is -1.17. The van der Waals surface area contributed by atoms with Gasteiger partial charge in [0.25, 0.3) is 0 Å². The largest absolute Gasteiger partial charge is 0.593 e. The fraction of sp³-hybridized carbons (Fsp3) is 0.300. The van der Waals surface area contributed by atoms with Crippen molar-refractivity contribution in [3.63, 3.8) is 0 Å². The molecule has 0 aliphatic heterocycles.